The molecule has 2 aliphatic rings. The van der Waals surface area contributed by atoms with E-state index in [9.17, 15) is 9.59 Å². The van der Waals surface area contributed by atoms with Crippen molar-refractivity contribution in [3.8, 4) is 0 Å². The molecule has 3 rings (SSSR count). The van der Waals surface area contributed by atoms with Gasteiger partial charge in [-0.3, -0.25) is 9.59 Å². The van der Waals surface area contributed by atoms with Crippen molar-refractivity contribution in [2.75, 3.05) is 0 Å². The zero-order chi connectivity index (χ0) is 13.6. The van der Waals surface area contributed by atoms with Gasteiger partial charge in [-0.25, -0.2) is 0 Å². The Labute approximate surface area is 119 Å². The monoisotopic (exact) mass is 323 g/mol. The van der Waals surface area contributed by atoms with Crippen molar-refractivity contribution in [3.05, 3.63) is 33.8 Å². The normalized spacial score (nSPS) is 22.7. The quantitative estimate of drug-likeness (QED) is 0.839. The highest BCUT2D eigenvalue weighted by Crippen LogP contribution is 2.47. The summed E-state index contributed by atoms with van der Waals surface area (Å²) in [4.78, 5) is 23.2. The summed E-state index contributed by atoms with van der Waals surface area (Å²) in [5.41, 5.74) is 1.16. The number of nitrogens with one attached hydrogen (secondary N) is 1. The maximum absolute atomic E-state index is 12.1. The van der Waals surface area contributed by atoms with Crippen LogP contribution in [0, 0.1) is 5.41 Å². The lowest BCUT2D eigenvalue weighted by Crippen LogP contribution is -2.38. The number of carbonyl (C=O) groups is 2. The van der Waals surface area contributed by atoms with Gasteiger partial charge in [-0.05, 0) is 42.9 Å². The first-order valence-corrected chi connectivity index (χ1v) is 7.15. The second-order valence-corrected chi connectivity index (χ2v) is 6.11. The maximum atomic E-state index is 12.1. The standard InChI is InChI=1S/C14H14BrNO3/c15-10-3-1-2-9-8(10)4-5-11(9)16-12(17)14(6-7-14)13(18)19/h1-3,11H,4-7H2,(H,16,17)(H,18,19). The van der Waals surface area contributed by atoms with Crippen molar-refractivity contribution in [2.24, 2.45) is 5.41 Å². The van der Waals surface area contributed by atoms with Crippen LogP contribution in [0.3, 0.4) is 0 Å². The molecule has 0 saturated heterocycles. The maximum Gasteiger partial charge on any atom is 0.319 e. The minimum atomic E-state index is -1.16. The fraction of sp³-hybridized carbons (Fsp3) is 0.429. The van der Waals surface area contributed by atoms with Crippen LogP contribution in [-0.4, -0.2) is 17.0 Å². The molecular weight excluding hydrogens is 310 g/mol. The second kappa shape index (κ2) is 4.34. The summed E-state index contributed by atoms with van der Waals surface area (Å²) in [6.45, 7) is 0. The minimum absolute atomic E-state index is 0.0585. The fourth-order valence-electron chi connectivity index (χ4n) is 2.72. The summed E-state index contributed by atoms with van der Waals surface area (Å²) in [7, 11) is 0. The lowest BCUT2D eigenvalue weighted by Gasteiger charge is -2.17. The van der Waals surface area contributed by atoms with E-state index < -0.39 is 11.4 Å². The number of hydrogen-bond donors (Lipinski definition) is 2. The highest BCUT2D eigenvalue weighted by Gasteiger charge is 2.57. The van der Waals surface area contributed by atoms with Crippen LogP contribution in [0.1, 0.15) is 36.4 Å². The summed E-state index contributed by atoms with van der Waals surface area (Å²) in [5, 5.41) is 12.0. The Morgan fingerprint density at radius 3 is 2.74 bits per heavy atom. The van der Waals surface area contributed by atoms with Gasteiger partial charge in [0, 0.05) is 4.47 Å². The number of carboxylic acid groups (broad SMARTS) is 1. The van der Waals surface area contributed by atoms with Crippen LogP contribution >= 0.6 is 15.9 Å². The molecule has 1 saturated carbocycles. The Balaban J connectivity index is 1.79. The van der Waals surface area contributed by atoms with Crippen LogP contribution in [0.4, 0.5) is 0 Å². The first kappa shape index (κ1) is 12.7. The van der Waals surface area contributed by atoms with Crippen molar-refractivity contribution >= 4 is 27.8 Å². The predicted molar refractivity (Wildman–Crippen MR) is 72.6 cm³/mol. The van der Waals surface area contributed by atoms with E-state index in [1.807, 2.05) is 18.2 Å². The molecule has 2 aliphatic carbocycles. The Kier molecular flexibility index (Phi) is 2.89. The first-order valence-electron chi connectivity index (χ1n) is 6.36. The summed E-state index contributed by atoms with van der Waals surface area (Å²) in [5.74, 6) is -1.34. The largest absolute Gasteiger partial charge is 0.480 e. The SMILES string of the molecule is O=C(O)C1(C(=O)NC2CCc3c(Br)cccc32)CC1. The molecule has 0 radical (unpaired) electrons. The van der Waals surface area contributed by atoms with E-state index in [4.69, 9.17) is 5.11 Å². The summed E-state index contributed by atoms with van der Waals surface area (Å²) in [6, 6.07) is 5.87. The molecule has 19 heavy (non-hydrogen) atoms. The van der Waals surface area contributed by atoms with Crippen molar-refractivity contribution in [1.29, 1.82) is 0 Å². The number of carboxylic acids is 1. The zero-order valence-corrected chi connectivity index (χ0v) is 11.9. The summed E-state index contributed by atoms with van der Waals surface area (Å²) < 4.78 is 1.06. The van der Waals surface area contributed by atoms with Crippen LogP contribution in [0.5, 0.6) is 0 Å². The smallest absolute Gasteiger partial charge is 0.319 e. The number of fused-ring (bicyclic) bond motifs is 1. The van der Waals surface area contributed by atoms with Crippen LogP contribution in [-0.2, 0) is 16.0 Å². The van der Waals surface area contributed by atoms with Gasteiger partial charge in [0.05, 0.1) is 6.04 Å². The molecule has 1 amide bonds. The number of aliphatic carboxylic acids is 1. The molecular formula is C14H14BrNO3. The molecule has 0 bridgehead atoms. The Morgan fingerprint density at radius 2 is 2.11 bits per heavy atom. The topological polar surface area (TPSA) is 66.4 Å². The van der Waals surface area contributed by atoms with Gasteiger partial charge in [-0.1, -0.05) is 28.1 Å². The second-order valence-electron chi connectivity index (χ2n) is 5.26. The number of hydrogen-bond acceptors (Lipinski definition) is 2. The van der Waals surface area contributed by atoms with Gasteiger partial charge in [-0.2, -0.15) is 0 Å². The molecule has 1 atom stereocenters. The molecule has 0 heterocycles. The van der Waals surface area contributed by atoms with Crippen molar-refractivity contribution in [1.82, 2.24) is 5.32 Å². The lowest BCUT2D eigenvalue weighted by atomic mass is 10.0. The van der Waals surface area contributed by atoms with Crippen LogP contribution in [0.15, 0.2) is 22.7 Å². The van der Waals surface area contributed by atoms with Gasteiger partial charge in [0.15, 0.2) is 0 Å². The molecule has 1 aromatic rings. The number of halogens is 1. The molecule has 4 nitrogen and oxygen atoms in total. The van der Waals surface area contributed by atoms with E-state index >= 15 is 0 Å². The molecule has 2 N–H and O–H groups in total. The number of carbonyl (C=O) groups excluding carboxylic acids is 1. The van der Waals surface area contributed by atoms with Crippen molar-refractivity contribution in [2.45, 2.75) is 31.7 Å². The third-order valence-electron chi connectivity index (χ3n) is 4.11. The average molecular weight is 324 g/mol. The molecule has 0 aliphatic heterocycles. The molecule has 100 valence electrons. The van der Waals surface area contributed by atoms with E-state index in [0.717, 1.165) is 22.9 Å². The van der Waals surface area contributed by atoms with E-state index in [1.165, 1.54) is 5.56 Å². The third-order valence-corrected chi connectivity index (χ3v) is 4.86. The van der Waals surface area contributed by atoms with Gasteiger partial charge >= 0.3 is 5.97 Å². The van der Waals surface area contributed by atoms with E-state index in [-0.39, 0.29) is 11.9 Å². The van der Waals surface area contributed by atoms with Crippen molar-refractivity contribution < 1.29 is 14.7 Å². The Morgan fingerprint density at radius 1 is 1.37 bits per heavy atom. The highest BCUT2D eigenvalue weighted by molar-refractivity contribution is 9.10. The molecule has 1 fully saturated rings. The lowest BCUT2D eigenvalue weighted by molar-refractivity contribution is -0.149. The Bertz CT molecular complexity index is 566. The van der Waals surface area contributed by atoms with Gasteiger partial charge < -0.3 is 10.4 Å². The first-order chi connectivity index (χ1) is 9.04. The Hall–Kier alpha value is -1.36. The zero-order valence-electron chi connectivity index (χ0n) is 10.3. The molecule has 0 aromatic heterocycles. The average Bonchev–Trinajstić information content (AvgIpc) is 3.09. The van der Waals surface area contributed by atoms with Crippen LogP contribution < -0.4 is 5.32 Å². The number of amides is 1. The van der Waals surface area contributed by atoms with E-state index in [0.29, 0.717) is 12.8 Å². The minimum Gasteiger partial charge on any atom is -0.480 e. The molecule has 1 aromatic carbocycles. The summed E-state index contributed by atoms with van der Waals surface area (Å²) in [6.07, 6.45) is 2.64. The van der Waals surface area contributed by atoms with Gasteiger partial charge in [-0.15, -0.1) is 0 Å². The summed E-state index contributed by atoms with van der Waals surface area (Å²) >= 11 is 3.51. The van der Waals surface area contributed by atoms with E-state index in [1.54, 1.807) is 0 Å². The third kappa shape index (κ3) is 1.96. The predicted octanol–water partition coefficient (Wildman–Crippen LogP) is 2.42. The van der Waals surface area contributed by atoms with Crippen molar-refractivity contribution in [3.63, 3.8) is 0 Å². The van der Waals surface area contributed by atoms with Gasteiger partial charge in [0.2, 0.25) is 5.91 Å². The number of rotatable bonds is 3. The number of benzene rings is 1. The van der Waals surface area contributed by atoms with E-state index in [2.05, 4.69) is 21.2 Å². The highest BCUT2D eigenvalue weighted by atomic mass is 79.9. The van der Waals surface area contributed by atoms with Gasteiger partial charge in [0.25, 0.3) is 0 Å². The molecule has 5 heteroatoms. The molecule has 0 spiro atoms. The fourth-order valence-corrected chi connectivity index (χ4v) is 3.30. The molecule has 1 unspecified atom stereocenters. The van der Waals surface area contributed by atoms with Crippen LogP contribution in [0.25, 0.3) is 0 Å². The van der Waals surface area contributed by atoms with Gasteiger partial charge in [0.1, 0.15) is 5.41 Å². The van der Waals surface area contributed by atoms with Crippen LogP contribution in [0.2, 0.25) is 0 Å².